The normalized spacial score (nSPS) is 17.4. The Hall–Kier alpha value is -2.42. The van der Waals surface area contributed by atoms with Gasteiger partial charge in [0, 0.05) is 24.4 Å². The zero-order chi connectivity index (χ0) is 20.6. The van der Waals surface area contributed by atoms with E-state index in [1.54, 1.807) is 28.2 Å². The predicted octanol–water partition coefficient (Wildman–Crippen LogP) is 4.08. The van der Waals surface area contributed by atoms with E-state index < -0.39 is 10.0 Å². The minimum Gasteiger partial charge on any atom is -0.221 e. The summed E-state index contributed by atoms with van der Waals surface area (Å²) in [5.41, 5.74) is 3.79. The Labute approximate surface area is 180 Å². The third kappa shape index (κ3) is 3.71. The first kappa shape index (κ1) is 19.5. The number of sulfonamides is 1. The number of hydrogen-bond donors (Lipinski definition) is 0. The maximum absolute atomic E-state index is 12.9. The molecule has 1 aromatic heterocycles. The van der Waals surface area contributed by atoms with Crippen molar-refractivity contribution in [3.8, 4) is 11.3 Å². The van der Waals surface area contributed by atoms with Gasteiger partial charge in [-0.25, -0.2) is 18.1 Å². The van der Waals surface area contributed by atoms with Crippen LogP contribution in [-0.2, 0) is 10.0 Å². The number of hydrogen-bond acceptors (Lipinski definition) is 5. The van der Waals surface area contributed by atoms with Crippen LogP contribution in [-0.4, -0.2) is 46.9 Å². The average Bonchev–Trinajstić information content (AvgIpc) is 3.24. The van der Waals surface area contributed by atoms with Gasteiger partial charge in [-0.2, -0.15) is 9.41 Å². The van der Waals surface area contributed by atoms with Crippen LogP contribution in [0.15, 0.2) is 75.9 Å². The summed E-state index contributed by atoms with van der Waals surface area (Å²) in [5.74, 6) is 0.698. The summed E-state index contributed by atoms with van der Waals surface area (Å²) in [5, 5.41) is 5.60. The van der Waals surface area contributed by atoms with Gasteiger partial charge in [0.1, 0.15) is 0 Å². The fourth-order valence-electron chi connectivity index (χ4n) is 3.78. The van der Waals surface area contributed by atoms with Crippen molar-refractivity contribution < 1.29 is 8.42 Å². The molecule has 3 aromatic rings. The Balaban J connectivity index is 1.40. The van der Waals surface area contributed by atoms with E-state index in [1.807, 2.05) is 53.3 Å². The third-order valence-corrected chi connectivity index (χ3v) is 8.30. The van der Waals surface area contributed by atoms with Crippen LogP contribution in [0.4, 0.5) is 0 Å². The molecule has 30 heavy (non-hydrogen) atoms. The highest BCUT2D eigenvalue weighted by Gasteiger charge is 2.26. The standard InChI is InChI=1S/C22H22N4O2S2/c27-30(28,25-13-5-2-6-14-25)19-11-9-18(10-12-19)21-16-29-22-23-20(15-26(22)24-21)17-7-3-1-4-8-17/h1,3-4,7-12,15H,2,5-6,13-14,16H2. The molecule has 0 amide bonds. The molecule has 0 saturated carbocycles. The van der Waals surface area contributed by atoms with Crippen LogP contribution in [0.2, 0.25) is 0 Å². The van der Waals surface area contributed by atoms with E-state index in [-0.39, 0.29) is 0 Å². The lowest BCUT2D eigenvalue weighted by atomic mass is 10.1. The lowest BCUT2D eigenvalue weighted by Crippen LogP contribution is -2.35. The maximum Gasteiger partial charge on any atom is 0.243 e. The predicted molar refractivity (Wildman–Crippen MR) is 119 cm³/mol. The Morgan fingerprint density at radius 3 is 2.33 bits per heavy atom. The molecule has 0 aliphatic carbocycles. The largest absolute Gasteiger partial charge is 0.243 e. The zero-order valence-corrected chi connectivity index (χ0v) is 18.1. The van der Waals surface area contributed by atoms with Crippen molar-refractivity contribution in [2.75, 3.05) is 18.8 Å². The van der Waals surface area contributed by atoms with Crippen molar-refractivity contribution in [1.82, 2.24) is 14.0 Å². The minimum atomic E-state index is -3.41. The summed E-state index contributed by atoms with van der Waals surface area (Å²) in [6.45, 7) is 1.22. The molecule has 8 heteroatoms. The number of aromatic nitrogens is 2. The topological polar surface area (TPSA) is 67.6 Å². The summed E-state index contributed by atoms with van der Waals surface area (Å²) in [6, 6.07) is 17.2. The van der Waals surface area contributed by atoms with Crippen LogP contribution in [0.25, 0.3) is 11.3 Å². The molecule has 0 unspecified atom stereocenters. The molecule has 0 N–H and O–H groups in total. The second-order valence-electron chi connectivity index (χ2n) is 7.44. The van der Waals surface area contributed by atoms with E-state index in [1.165, 1.54) is 0 Å². The van der Waals surface area contributed by atoms with Crippen LogP contribution in [0.1, 0.15) is 24.8 Å². The number of fused-ring (bicyclic) bond motifs is 1. The first-order chi connectivity index (χ1) is 14.6. The summed E-state index contributed by atoms with van der Waals surface area (Å²) < 4.78 is 29.1. The van der Waals surface area contributed by atoms with Crippen molar-refractivity contribution >= 4 is 27.5 Å². The van der Waals surface area contributed by atoms with Crippen molar-refractivity contribution in [3.05, 3.63) is 66.4 Å². The molecule has 0 spiro atoms. The summed E-state index contributed by atoms with van der Waals surface area (Å²) in [6.07, 6.45) is 4.91. The number of rotatable bonds is 4. The number of benzene rings is 2. The molecule has 5 rings (SSSR count). The third-order valence-electron chi connectivity index (χ3n) is 5.43. The molecule has 1 fully saturated rings. The first-order valence-electron chi connectivity index (χ1n) is 10.1. The molecule has 0 bridgehead atoms. The van der Waals surface area contributed by atoms with E-state index in [2.05, 4.69) is 4.98 Å². The van der Waals surface area contributed by atoms with E-state index in [9.17, 15) is 8.42 Å². The Morgan fingerprint density at radius 1 is 0.867 bits per heavy atom. The van der Waals surface area contributed by atoms with Gasteiger partial charge in [-0.3, -0.25) is 0 Å². The maximum atomic E-state index is 12.9. The summed E-state index contributed by atoms with van der Waals surface area (Å²) >= 11 is 1.63. The lowest BCUT2D eigenvalue weighted by Gasteiger charge is -2.26. The second-order valence-corrected chi connectivity index (χ2v) is 10.3. The molecule has 154 valence electrons. The van der Waals surface area contributed by atoms with Gasteiger partial charge in [0.15, 0.2) is 5.16 Å². The van der Waals surface area contributed by atoms with Gasteiger partial charge < -0.3 is 0 Å². The van der Waals surface area contributed by atoms with Gasteiger partial charge in [0.05, 0.1) is 22.5 Å². The van der Waals surface area contributed by atoms with Gasteiger partial charge in [-0.05, 0) is 30.5 Å². The Morgan fingerprint density at radius 2 is 1.60 bits per heavy atom. The van der Waals surface area contributed by atoms with E-state index in [0.717, 1.165) is 47.0 Å². The quantitative estimate of drug-likeness (QED) is 0.616. The molecule has 2 aliphatic rings. The number of nitrogens with zero attached hydrogens (tertiary/aromatic N) is 4. The molecular weight excluding hydrogens is 416 g/mol. The highest BCUT2D eigenvalue weighted by atomic mass is 32.2. The lowest BCUT2D eigenvalue weighted by molar-refractivity contribution is 0.346. The Bertz CT molecular complexity index is 1180. The highest BCUT2D eigenvalue weighted by Crippen LogP contribution is 2.29. The van der Waals surface area contributed by atoms with Crippen LogP contribution in [0.5, 0.6) is 0 Å². The minimum absolute atomic E-state index is 0.354. The van der Waals surface area contributed by atoms with E-state index in [0.29, 0.717) is 23.7 Å². The van der Waals surface area contributed by atoms with Crippen molar-refractivity contribution in [1.29, 1.82) is 0 Å². The molecule has 1 saturated heterocycles. The van der Waals surface area contributed by atoms with Crippen molar-refractivity contribution in [2.24, 2.45) is 5.10 Å². The fourth-order valence-corrected chi connectivity index (χ4v) is 6.17. The average molecular weight is 439 g/mol. The van der Waals surface area contributed by atoms with Crippen LogP contribution in [0.3, 0.4) is 0 Å². The smallest absolute Gasteiger partial charge is 0.221 e. The van der Waals surface area contributed by atoms with Gasteiger partial charge in [0.2, 0.25) is 10.0 Å². The molecule has 0 radical (unpaired) electrons. The fraction of sp³-hybridized carbons (Fsp3) is 0.273. The SMILES string of the molecule is O=S(=O)(c1ccc(C2=Nn3cc(-c4ccccc4)nc3SC2)cc1)N1CCCCC1. The molecule has 6 nitrogen and oxygen atoms in total. The van der Waals surface area contributed by atoms with Gasteiger partial charge in [0.25, 0.3) is 0 Å². The monoisotopic (exact) mass is 438 g/mol. The Kier molecular flexibility index (Phi) is 5.22. The number of thioether (sulfide) groups is 1. The molecular formula is C22H22N4O2S2. The van der Waals surface area contributed by atoms with Crippen molar-refractivity contribution in [2.45, 2.75) is 29.3 Å². The van der Waals surface area contributed by atoms with Crippen LogP contribution < -0.4 is 0 Å². The molecule has 0 atom stereocenters. The zero-order valence-electron chi connectivity index (χ0n) is 16.4. The molecule has 2 aliphatic heterocycles. The molecule has 3 heterocycles. The van der Waals surface area contributed by atoms with E-state index >= 15 is 0 Å². The highest BCUT2D eigenvalue weighted by molar-refractivity contribution is 7.99. The van der Waals surface area contributed by atoms with E-state index in [4.69, 9.17) is 5.10 Å². The number of piperidine rings is 1. The first-order valence-corrected chi connectivity index (χ1v) is 12.5. The number of imidazole rings is 1. The molecule has 2 aromatic carbocycles. The summed E-state index contributed by atoms with van der Waals surface area (Å²) in [7, 11) is -3.41. The van der Waals surface area contributed by atoms with Crippen molar-refractivity contribution in [3.63, 3.8) is 0 Å². The van der Waals surface area contributed by atoms with Crippen LogP contribution >= 0.6 is 11.8 Å². The van der Waals surface area contributed by atoms with Crippen LogP contribution in [0, 0.1) is 0 Å². The van der Waals surface area contributed by atoms with Gasteiger partial charge in [-0.15, -0.1) is 0 Å². The van der Waals surface area contributed by atoms with Gasteiger partial charge in [-0.1, -0.05) is 60.6 Å². The second kappa shape index (κ2) is 8.02. The summed E-state index contributed by atoms with van der Waals surface area (Å²) in [4.78, 5) is 5.03. The van der Waals surface area contributed by atoms with Gasteiger partial charge >= 0.3 is 0 Å².